The third-order valence-electron chi connectivity index (χ3n) is 3.78. The number of benzene rings is 1. The number of amides is 1. The van der Waals surface area contributed by atoms with Gasteiger partial charge >= 0.3 is 0 Å². The Bertz CT molecular complexity index is 954. The maximum Gasteiger partial charge on any atom is 0.237 e. The van der Waals surface area contributed by atoms with Gasteiger partial charge in [0, 0.05) is 12.1 Å². The van der Waals surface area contributed by atoms with Crippen LogP contribution in [0.1, 0.15) is 12.7 Å². The molecule has 1 N–H and O–H groups in total. The van der Waals surface area contributed by atoms with E-state index in [1.807, 2.05) is 24.6 Å². The second kappa shape index (κ2) is 7.73. The zero-order valence-corrected chi connectivity index (χ0v) is 16.6. The maximum absolute atomic E-state index is 12.5. The molecule has 1 atom stereocenters. The van der Waals surface area contributed by atoms with Gasteiger partial charge in [-0.3, -0.25) is 4.79 Å². The summed E-state index contributed by atoms with van der Waals surface area (Å²) in [6.07, 6.45) is 1.61. The fourth-order valence-electron chi connectivity index (χ4n) is 2.31. The smallest absolute Gasteiger partial charge is 0.237 e. The van der Waals surface area contributed by atoms with E-state index in [-0.39, 0.29) is 5.91 Å². The molecule has 3 aromatic rings. The van der Waals surface area contributed by atoms with E-state index in [1.54, 1.807) is 31.4 Å². The number of carbonyl (C=O) groups is 1. The minimum absolute atomic E-state index is 0.191. The van der Waals surface area contributed by atoms with Gasteiger partial charge in [-0.25, -0.2) is 0 Å². The number of hydrogen-bond donors (Lipinski definition) is 1. The first kappa shape index (κ1) is 18.8. The van der Waals surface area contributed by atoms with Crippen LogP contribution in [0.2, 0.25) is 10.0 Å². The summed E-state index contributed by atoms with van der Waals surface area (Å²) in [4.78, 5) is 12.5. The van der Waals surface area contributed by atoms with Crippen molar-refractivity contribution in [1.29, 1.82) is 0 Å². The summed E-state index contributed by atoms with van der Waals surface area (Å²) in [6, 6.07) is 6.76. The lowest BCUT2D eigenvalue weighted by atomic mass is 10.2. The van der Waals surface area contributed by atoms with Gasteiger partial charge in [0.25, 0.3) is 0 Å². The van der Waals surface area contributed by atoms with Crippen molar-refractivity contribution in [3.05, 3.63) is 46.3 Å². The lowest BCUT2D eigenvalue weighted by molar-refractivity contribution is -0.115. The van der Waals surface area contributed by atoms with E-state index in [4.69, 9.17) is 27.6 Å². The highest BCUT2D eigenvalue weighted by Crippen LogP contribution is 2.29. The van der Waals surface area contributed by atoms with E-state index in [1.165, 1.54) is 11.8 Å². The zero-order valence-electron chi connectivity index (χ0n) is 14.3. The fraction of sp³-hybridized carbons (Fsp3) is 0.235. The first-order chi connectivity index (χ1) is 12.4. The van der Waals surface area contributed by atoms with Gasteiger partial charge in [0.15, 0.2) is 11.0 Å². The lowest BCUT2D eigenvalue weighted by Gasteiger charge is -2.12. The summed E-state index contributed by atoms with van der Waals surface area (Å²) >= 11 is 13.3. The number of rotatable bonds is 5. The molecule has 0 aliphatic carbocycles. The van der Waals surface area contributed by atoms with Crippen LogP contribution in [0.4, 0.5) is 5.69 Å². The number of aromatic nitrogens is 3. The van der Waals surface area contributed by atoms with Crippen LogP contribution in [0.15, 0.2) is 40.1 Å². The number of carbonyl (C=O) groups excluding carboxylic acids is 1. The first-order valence-corrected chi connectivity index (χ1v) is 9.37. The SMILES string of the molecule is Cc1occc1-c1nnc(S[C@@H](C)C(=O)Nc2ccc(Cl)cc2Cl)n1C. The molecule has 6 nitrogen and oxygen atoms in total. The van der Waals surface area contributed by atoms with Gasteiger partial charge in [-0.2, -0.15) is 0 Å². The first-order valence-electron chi connectivity index (χ1n) is 7.73. The molecule has 1 amide bonds. The molecule has 0 spiro atoms. The van der Waals surface area contributed by atoms with Gasteiger partial charge in [0.05, 0.1) is 27.8 Å². The highest BCUT2D eigenvalue weighted by atomic mass is 35.5. The third kappa shape index (κ3) is 3.90. The average Bonchev–Trinajstić information content (AvgIpc) is 3.16. The summed E-state index contributed by atoms with van der Waals surface area (Å²) in [7, 11) is 1.85. The monoisotopic (exact) mass is 410 g/mol. The van der Waals surface area contributed by atoms with Crippen LogP contribution < -0.4 is 5.32 Å². The molecule has 136 valence electrons. The van der Waals surface area contributed by atoms with Crippen molar-refractivity contribution in [2.75, 3.05) is 5.32 Å². The van der Waals surface area contributed by atoms with Crippen LogP contribution >= 0.6 is 35.0 Å². The van der Waals surface area contributed by atoms with E-state index in [2.05, 4.69) is 15.5 Å². The standard InChI is InChI=1S/C17H16Cl2N4O2S/c1-9-12(6-7-25-9)15-21-22-17(23(15)3)26-10(2)16(24)20-14-5-4-11(18)8-13(14)19/h4-8,10H,1-3H3,(H,20,24)/t10-/m0/s1. The zero-order chi connectivity index (χ0) is 18.8. The van der Waals surface area contributed by atoms with Crippen molar-refractivity contribution in [1.82, 2.24) is 14.8 Å². The Kier molecular flexibility index (Phi) is 5.60. The molecule has 0 bridgehead atoms. The normalized spacial score (nSPS) is 12.2. The second-order valence-corrected chi connectivity index (χ2v) is 7.78. The Labute approximate surface area is 164 Å². The van der Waals surface area contributed by atoms with Crippen LogP contribution in [-0.2, 0) is 11.8 Å². The molecule has 0 radical (unpaired) electrons. The Morgan fingerprint density at radius 1 is 1.31 bits per heavy atom. The van der Waals surface area contributed by atoms with Gasteiger partial charge in [-0.1, -0.05) is 35.0 Å². The van der Waals surface area contributed by atoms with Crippen LogP contribution in [0, 0.1) is 6.92 Å². The molecule has 0 saturated carbocycles. The molecule has 0 aliphatic heterocycles. The predicted octanol–water partition coefficient (Wildman–Crippen LogP) is 4.81. The molecule has 26 heavy (non-hydrogen) atoms. The van der Waals surface area contributed by atoms with E-state index in [9.17, 15) is 4.79 Å². The Morgan fingerprint density at radius 3 is 2.73 bits per heavy atom. The third-order valence-corrected chi connectivity index (χ3v) is 5.46. The van der Waals surface area contributed by atoms with Gasteiger partial charge in [-0.05, 0) is 38.1 Å². The Hall–Kier alpha value is -1.96. The summed E-state index contributed by atoms with van der Waals surface area (Å²) in [5.74, 6) is 1.26. The Morgan fingerprint density at radius 2 is 2.08 bits per heavy atom. The largest absolute Gasteiger partial charge is 0.469 e. The van der Waals surface area contributed by atoms with E-state index in [0.29, 0.717) is 26.7 Å². The van der Waals surface area contributed by atoms with Gasteiger partial charge in [0.2, 0.25) is 5.91 Å². The van der Waals surface area contributed by atoms with Crippen molar-refractivity contribution < 1.29 is 9.21 Å². The van der Waals surface area contributed by atoms with Crippen LogP contribution in [0.3, 0.4) is 0 Å². The van der Waals surface area contributed by atoms with Crippen molar-refractivity contribution in [3.63, 3.8) is 0 Å². The highest BCUT2D eigenvalue weighted by Gasteiger charge is 2.21. The molecule has 9 heteroatoms. The minimum Gasteiger partial charge on any atom is -0.469 e. The summed E-state index contributed by atoms with van der Waals surface area (Å²) < 4.78 is 7.15. The van der Waals surface area contributed by atoms with Gasteiger partial charge in [0.1, 0.15) is 5.76 Å². The summed E-state index contributed by atoms with van der Waals surface area (Å²) in [6.45, 7) is 3.66. The minimum atomic E-state index is -0.400. The molecule has 0 aliphatic rings. The number of thioether (sulfide) groups is 1. The molecule has 2 aromatic heterocycles. The molecule has 2 heterocycles. The topological polar surface area (TPSA) is 72.9 Å². The molecule has 1 aromatic carbocycles. The molecular weight excluding hydrogens is 395 g/mol. The van der Waals surface area contributed by atoms with Crippen molar-refractivity contribution in [3.8, 4) is 11.4 Å². The second-order valence-electron chi connectivity index (χ2n) is 5.63. The molecule has 0 fully saturated rings. The van der Waals surface area contributed by atoms with Gasteiger partial charge in [-0.15, -0.1) is 10.2 Å². The average molecular weight is 411 g/mol. The van der Waals surface area contributed by atoms with E-state index >= 15 is 0 Å². The highest BCUT2D eigenvalue weighted by molar-refractivity contribution is 8.00. The Balaban J connectivity index is 1.72. The quantitative estimate of drug-likeness (QED) is 0.610. The summed E-state index contributed by atoms with van der Waals surface area (Å²) in [5, 5.41) is 12.3. The number of nitrogens with one attached hydrogen (secondary N) is 1. The summed E-state index contributed by atoms with van der Waals surface area (Å²) in [5.41, 5.74) is 1.39. The van der Waals surface area contributed by atoms with Crippen molar-refractivity contribution in [2.24, 2.45) is 7.05 Å². The van der Waals surface area contributed by atoms with Crippen molar-refractivity contribution >= 4 is 46.6 Å². The fourth-order valence-corrected chi connectivity index (χ4v) is 3.58. The lowest BCUT2D eigenvalue weighted by Crippen LogP contribution is -2.23. The number of anilines is 1. The molecule has 0 unspecified atom stereocenters. The van der Waals surface area contributed by atoms with Crippen LogP contribution in [0.25, 0.3) is 11.4 Å². The number of furan rings is 1. The number of hydrogen-bond acceptors (Lipinski definition) is 5. The van der Waals surface area contributed by atoms with Crippen LogP contribution in [-0.4, -0.2) is 25.9 Å². The number of nitrogens with zero attached hydrogens (tertiary/aromatic N) is 3. The number of halogens is 2. The van der Waals surface area contributed by atoms with E-state index < -0.39 is 5.25 Å². The van der Waals surface area contributed by atoms with E-state index in [0.717, 1.165) is 11.3 Å². The van der Waals surface area contributed by atoms with Crippen molar-refractivity contribution in [2.45, 2.75) is 24.3 Å². The maximum atomic E-state index is 12.5. The number of aryl methyl sites for hydroxylation is 1. The van der Waals surface area contributed by atoms with Crippen LogP contribution in [0.5, 0.6) is 0 Å². The molecular formula is C17H16Cl2N4O2S. The van der Waals surface area contributed by atoms with Gasteiger partial charge < -0.3 is 14.3 Å². The predicted molar refractivity (Wildman–Crippen MR) is 104 cm³/mol. The molecule has 3 rings (SSSR count). The molecule has 0 saturated heterocycles.